The summed E-state index contributed by atoms with van der Waals surface area (Å²) in [6.45, 7) is 4.32. The molecule has 8 nitrogen and oxygen atoms in total. The second kappa shape index (κ2) is 9.46. The van der Waals surface area contributed by atoms with E-state index in [0.717, 1.165) is 42.1 Å². The van der Waals surface area contributed by atoms with E-state index in [9.17, 15) is 8.42 Å². The lowest BCUT2D eigenvalue weighted by Gasteiger charge is -2.16. The molecular formula is C24H30N6O2S. The van der Waals surface area contributed by atoms with Crippen molar-refractivity contribution in [1.29, 1.82) is 0 Å². The van der Waals surface area contributed by atoms with Gasteiger partial charge in [0, 0.05) is 38.9 Å². The van der Waals surface area contributed by atoms with Crippen LogP contribution < -0.4 is 0 Å². The number of sulfonamides is 1. The number of fused-ring (bicyclic) bond motifs is 1. The van der Waals surface area contributed by atoms with Crippen molar-refractivity contribution < 1.29 is 8.42 Å². The molecule has 2 aromatic heterocycles. The van der Waals surface area contributed by atoms with Crippen LogP contribution in [0.3, 0.4) is 0 Å². The van der Waals surface area contributed by atoms with Crippen LogP contribution in [0.5, 0.6) is 0 Å². The molecule has 0 saturated carbocycles. The Bertz CT molecular complexity index is 1340. The maximum atomic E-state index is 12.6. The fourth-order valence-corrected chi connectivity index (χ4v) is 4.82. The van der Waals surface area contributed by atoms with E-state index in [1.807, 2.05) is 53.5 Å². The normalized spacial score (nSPS) is 12.3. The summed E-state index contributed by atoms with van der Waals surface area (Å²) in [5, 5.41) is 4.48. The van der Waals surface area contributed by atoms with E-state index in [0.29, 0.717) is 12.1 Å². The van der Waals surface area contributed by atoms with Crippen molar-refractivity contribution in [2.75, 3.05) is 21.1 Å². The number of imidazole rings is 1. The highest BCUT2D eigenvalue weighted by atomic mass is 32.2. The molecule has 174 valence electrons. The molecule has 2 heterocycles. The number of aryl methyl sites for hydroxylation is 1. The molecule has 0 radical (unpaired) electrons. The lowest BCUT2D eigenvalue weighted by Crippen LogP contribution is -2.22. The Balaban J connectivity index is 1.57. The third-order valence-electron chi connectivity index (χ3n) is 5.55. The van der Waals surface area contributed by atoms with Gasteiger partial charge in [0.15, 0.2) is 0 Å². The zero-order valence-corrected chi connectivity index (χ0v) is 20.3. The summed E-state index contributed by atoms with van der Waals surface area (Å²) >= 11 is 0. The second-order valence-corrected chi connectivity index (χ2v) is 10.6. The molecule has 0 spiro atoms. The van der Waals surface area contributed by atoms with Gasteiger partial charge in [0.2, 0.25) is 10.0 Å². The lowest BCUT2D eigenvalue weighted by atomic mass is 10.3. The van der Waals surface area contributed by atoms with E-state index in [2.05, 4.69) is 28.5 Å². The number of benzene rings is 2. The van der Waals surface area contributed by atoms with Crippen LogP contribution in [0.15, 0.2) is 65.8 Å². The Labute approximate surface area is 195 Å². The second-order valence-electron chi connectivity index (χ2n) is 8.42. The van der Waals surface area contributed by atoms with Gasteiger partial charge in [-0.1, -0.05) is 25.1 Å². The molecule has 0 saturated heterocycles. The molecule has 0 atom stereocenters. The minimum Gasteiger partial charge on any atom is -0.327 e. The summed E-state index contributed by atoms with van der Waals surface area (Å²) in [4.78, 5) is 7.27. The number of aromatic nitrogens is 4. The van der Waals surface area contributed by atoms with Gasteiger partial charge in [-0.15, -0.1) is 0 Å². The van der Waals surface area contributed by atoms with Gasteiger partial charge >= 0.3 is 0 Å². The number of nitrogens with zero attached hydrogens (tertiary/aromatic N) is 6. The molecule has 0 amide bonds. The van der Waals surface area contributed by atoms with Crippen LogP contribution in [0.4, 0.5) is 0 Å². The third kappa shape index (κ3) is 4.85. The summed E-state index contributed by atoms with van der Waals surface area (Å²) in [7, 11) is 1.62. The average molecular weight is 467 g/mol. The summed E-state index contributed by atoms with van der Waals surface area (Å²) in [5.41, 5.74) is 3.79. The Hall–Kier alpha value is -3.01. The molecule has 2 aromatic carbocycles. The monoisotopic (exact) mass is 466 g/mol. The fourth-order valence-electron chi connectivity index (χ4n) is 3.90. The summed E-state index contributed by atoms with van der Waals surface area (Å²) in [5.74, 6) is 0.921. The highest BCUT2D eigenvalue weighted by Crippen LogP contribution is 2.23. The Morgan fingerprint density at radius 3 is 2.45 bits per heavy atom. The van der Waals surface area contributed by atoms with Gasteiger partial charge in [-0.05, 0) is 43.8 Å². The van der Waals surface area contributed by atoms with Crippen molar-refractivity contribution >= 4 is 21.1 Å². The van der Waals surface area contributed by atoms with Crippen molar-refractivity contribution in [2.24, 2.45) is 0 Å². The smallest absolute Gasteiger partial charge is 0.242 e. The van der Waals surface area contributed by atoms with Crippen molar-refractivity contribution in [3.05, 3.63) is 72.3 Å². The molecule has 0 aliphatic rings. The van der Waals surface area contributed by atoms with Crippen LogP contribution in [-0.4, -0.2) is 58.1 Å². The highest BCUT2D eigenvalue weighted by molar-refractivity contribution is 7.89. The highest BCUT2D eigenvalue weighted by Gasteiger charge is 2.20. The Morgan fingerprint density at radius 2 is 1.76 bits per heavy atom. The Kier molecular flexibility index (Phi) is 6.64. The SMILES string of the molecule is CCCn1c(CN(C)Cc2cnn(-c3ccccc3)c2)nc2cc(S(=O)(=O)N(C)C)ccc21. The number of rotatable bonds is 9. The molecule has 0 fully saturated rings. The minimum absolute atomic E-state index is 0.259. The van der Waals surface area contributed by atoms with Crippen LogP contribution >= 0.6 is 0 Å². The molecule has 0 aliphatic heterocycles. The first-order valence-corrected chi connectivity index (χ1v) is 12.4. The van der Waals surface area contributed by atoms with Gasteiger partial charge in [0.05, 0.1) is 34.4 Å². The summed E-state index contributed by atoms with van der Waals surface area (Å²) in [6.07, 6.45) is 4.89. The summed E-state index contributed by atoms with van der Waals surface area (Å²) in [6, 6.07) is 15.2. The average Bonchev–Trinajstić information content (AvgIpc) is 3.39. The number of hydrogen-bond donors (Lipinski definition) is 0. The topological polar surface area (TPSA) is 76.3 Å². The van der Waals surface area contributed by atoms with Gasteiger partial charge in [-0.3, -0.25) is 4.90 Å². The van der Waals surface area contributed by atoms with Crippen molar-refractivity contribution in [1.82, 2.24) is 28.5 Å². The van der Waals surface area contributed by atoms with Crippen LogP contribution in [0.1, 0.15) is 24.7 Å². The van der Waals surface area contributed by atoms with Crippen LogP contribution in [0.2, 0.25) is 0 Å². The first-order valence-electron chi connectivity index (χ1n) is 11.0. The molecule has 0 bridgehead atoms. The van der Waals surface area contributed by atoms with Crippen LogP contribution in [-0.2, 0) is 29.7 Å². The van der Waals surface area contributed by atoms with E-state index in [1.54, 1.807) is 12.1 Å². The first kappa shape index (κ1) is 23.2. The molecule has 9 heteroatoms. The molecular weight excluding hydrogens is 436 g/mol. The van der Waals surface area contributed by atoms with Gasteiger partial charge in [-0.25, -0.2) is 22.4 Å². The fraction of sp³-hybridized carbons (Fsp3) is 0.333. The molecule has 0 aliphatic carbocycles. The third-order valence-corrected chi connectivity index (χ3v) is 7.36. The maximum Gasteiger partial charge on any atom is 0.242 e. The molecule has 4 rings (SSSR count). The standard InChI is InChI=1S/C24H30N6O2S/c1-5-13-29-23-12-11-21(33(31,32)27(2)3)14-22(23)26-24(29)18-28(4)16-19-15-25-30(17-19)20-9-7-6-8-10-20/h6-12,14-15,17H,5,13,16,18H2,1-4H3. The molecule has 33 heavy (non-hydrogen) atoms. The largest absolute Gasteiger partial charge is 0.327 e. The zero-order valence-electron chi connectivity index (χ0n) is 19.5. The summed E-state index contributed by atoms with van der Waals surface area (Å²) < 4.78 is 30.4. The van der Waals surface area contributed by atoms with Crippen LogP contribution in [0, 0.1) is 0 Å². The molecule has 0 unspecified atom stereocenters. The van der Waals surface area contributed by atoms with Gasteiger partial charge in [0.1, 0.15) is 5.82 Å². The molecule has 0 N–H and O–H groups in total. The van der Waals surface area contributed by atoms with Gasteiger partial charge in [-0.2, -0.15) is 5.10 Å². The van der Waals surface area contributed by atoms with E-state index in [4.69, 9.17) is 4.98 Å². The Morgan fingerprint density at radius 1 is 1.00 bits per heavy atom. The zero-order chi connectivity index (χ0) is 23.6. The predicted molar refractivity (Wildman–Crippen MR) is 130 cm³/mol. The number of hydrogen-bond acceptors (Lipinski definition) is 5. The van der Waals surface area contributed by atoms with Crippen molar-refractivity contribution in [3.8, 4) is 5.69 Å². The van der Waals surface area contributed by atoms with E-state index in [1.165, 1.54) is 18.4 Å². The lowest BCUT2D eigenvalue weighted by molar-refractivity contribution is 0.305. The number of para-hydroxylation sites is 1. The first-order chi connectivity index (χ1) is 15.8. The van der Waals surface area contributed by atoms with Crippen molar-refractivity contribution in [2.45, 2.75) is 37.9 Å². The van der Waals surface area contributed by atoms with E-state index >= 15 is 0 Å². The van der Waals surface area contributed by atoms with E-state index < -0.39 is 10.0 Å². The van der Waals surface area contributed by atoms with Gasteiger partial charge in [0.25, 0.3) is 0 Å². The maximum absolute atomic E-state index is 12.6. The van der Waals surface area contributed by atoms with Gasteiger partial charge < -0.3 is 4.57 Å². The quantitative estimate of drug-likeness (QED) is 0.377. The predicted octanol–water partition coefficient (Wildman–Crippen LogP) is 3.51. The van der Waals surface area contributed by atoms with Crippen molar-refractivity contribution in [3.63, 3.8) is 0 Å². The van der Waals surface area contributed by atoms with E-state index in [-0.39, 0.29) is 4.90 Å². The molecule has 4 aromatic rings. The minimum atomic E-state index is -3.50. The van der Waals surface area contributed by atoms with Crippen LogP contribution in [0.25, 0.3) is 16.7 Å².